The molecule has 0 spiro atoms. The SMILES string of the molecule is Cc1cnc(C(=O)N[C@@H]2CCCC[C@H]2O)cc1B1OC(C)(C)C(C)(C)O1. The second kappa shape index (κ2) is 6.95. The van der Waals surface area contributed by atoms with Gasteiger partial charge in [0.15, 0.2) is 0 Å². The van der Waals surface area contributed by atoms with Crippen molar-refractivity contribution in [3.05, 3.63) is 23.5 Å². The Bertz CT molecular complexity index is 676. The standard InChI is InChI=1S/C19H29BN2O4/c1-12-11-21-15(17(24)22-14-8-6-7-9-16(14)23)10-13(12)20-25-18(2,3)19(4,5)26-20/h10-11,14,16,23H,6-9H2,1-5H3,(H,22,24)/t14-,16-/m1/s1. The van der Waals surface area contributed by atoms with Gasteiger partial charge in [-0.1, -0.05) is 12.8 Å². The minimum absolute atomic E-state index is 0.209. The Kier molecular flexibility index (Phi) is 5.16. The molecule has 1 aromatic heterocycles. The molecule has 2 atom stereocenters. The van der Waals surface area contributed by atoms with Crippen LogP contribution in [-0.2, 0) is 9.31 Å². The molecule has 1 saturated heterocycles. The molecular formula is C19H29BN2O4. The molecule has 7 heteroatoms. The molecule has 0 bridgehead atoms. The highest BCUT2D eigenvalue weighted by Gasteiger charge is 2.52. The molecule has 26 heavy (non-hydrogen) atoms. The summed E-state index contributed by atoms with van der Waals surface area (Å²) < 4.78 is 12.2. The van der Waals surface area contributed by atoms with Gasteiger partial charge in [0, 0.05) is 6.20 Å². The van der Waals surface area contributed by atoms with Crippen molar-refractivity contribution in [2.75, 3.05) is 0 Å². The smallest absolute Gasteiger partial charge is 0.399 e. The summed E-state index contributed by atoms with van der Waals surface area (Å²) in [6.45, 7) is 9.94. The number of aliphatic hydroxyl groups excluding tert-OH is 1. The van der Waals surface area contributed by atoms with E-state index in [9.17, 15) is 9.90 Å². The van der Waals surface area contributed by atoms with Crippen molar-refractivity contribution in [2.24, 2.45) is 0 Å². The first kappa shape index (κ1) is 19.3. The topological polar surface area (TPSA) is 80.7 Å². The van der Waals surface area contributed by atoms with Crippen LogP contribution in [0.4, 0.5) is 0 Å². The summed E-state index contributed by atoms with van der Waals surface area (Å²) in [7, 11) is -0.533. The third-order valence-corrected chi connectivity index (χ3v) is 5.93. The fourth-order valence-corrected chi connectivity index (χ4v) is 3.41. The monoisotopic (exact) mass is 360 g/mol. The van der Waals surface area contributed by atoms with Crippen molar-refractivity contribution in [3.8, 4) is 0 Å². The lowest BCUT2D eigenvalue weighted by Gasteiger charge is -2.32. The maximum Gasteiger partial charge on any atom is 0.495 e. The van der Waals surface area contributed by atoms with Gasteiger partial charge < -0.3 is 19.7 Å². The van der Waals surface area contributed by atoms with E-state index >= 15 is 0 Å². The fourth-order valence-electron chi connectivity index (χ4n) is 3.41. The first-order valence-electron chi connectivity index (χ1n) is 9.42. The van der Waals surface area contributed by atoms with Crippen LogP contribution >= 0.6 is 0 Å². The van der Waals surface area contributed by atoms with Gasteiger partial charge in [0.1, 0.15) is 5.69 Å². The number of carbonyl (C=O) groups excluding carboxylic acids is 1. The second-order valence-corrected chi connectivity index (χ2v) is 8.45. The lowest BCUT2D eigenvalue weighted by Crippen LogP contribution is -2.45. The molecule has 1 aliphatic heterocycles. The Morgan fingerprint density at radius 3 is 2.46 bits per heavy atom. The molecule has 2 aliphatic rings. The van der Waals surface area contributed by atoms with Crippen LogP contribution in [0.1, 0.15) is 69.4 Å². The minimum atomic E-state index is -0.533. The molecule has 1 aromatic rings. The van der Waals surface area contributed by atoms with Crippen LogP contribution in [0.5, 0.6) is 0 Å². The van der Waals surface area contributed by atoms with Crippen LogP contribution < -0.4 is 10.8 Å². The van der Waals surface area contributed by atoms with Crippen molar-refractivity contribution < 1.29 is 19.2 Å². The molecule has 6 nitrogen and oxygen atoms in total. The van der Waals surface area contributed by atoms with E-state index in [1.54, 1.807) is 12.3 Å². The van der Waals surface area contributed by atoms with Crippen molar-refractivity contribution in [3.63, 3.8) is 0 Å². The normalized spacial score (nSPS) is 27.4. The van der Waals surface area contributed by atoms with Gasteiger partial charge in [-0.15, -0.1) is 0 Å². The number of nitrogens with zero attached hydrogens (tertiary/aromatic N) is 1. The number of amides is 1. The highest BCUT2D eigenvalue weighted by molar-refractivity contribution is 6.62. The zero-order valence-electron chi connectivity index (χ0n) is 16.3. The van der Waals surface area contributed by atoms with Gasteiger partial charge in [-0.25, -0.2) is 0 Å². The summed E-state index contributed by atoms with van der Waals surface area (Å²) in [5.74, 6) is -0.270. The number of hydrogen-bond donors (Lipinski definition) is 2. The zero-order chi connectivity index (χ0) is 19.1. The maximum atomic E-state index is 12.6. The summed E-state index contributed by atoms with van der Waals surface area (Å²) in [6, 6.07) is 1.53. The van der Waals surface area contributed by atoms with Crippen molar-refractivity contribution in [1.29, 1.82) is 0 Å². The van der Waals surface area contributed by atoms with Crippen molar-refractivity contribution >= 4 is 18.5 Å². The summed E-state index contributed by atoms with van der Waals surface area (Å²) in [4.78, 5) is 16.9. The minimum Gasteiger partial charge on any atom is -0.399 e. The first-order valence-corrected chi connectivity index (χ1v) is 9.42. The third kappa shape index (κ3) is 3.66. The van der Waals surface area contributed by atoms with E-state index in [4.69, 9.17) is 9.31 Å². The molecule has 142 valence electrons. The zero-order valence-corrected chi connectivity index (χ0v) is 16.3. The highest BCUT2D eigenvalue weighted by Crippen LogP contribution is 2.36. The summed E-state index contributed by atoms with van der Waals surface area (Å²) in [5, 5.41) is 13.0. The summed E-state index contributed by atoms with van der Waals surface area (Å²) >= 11 is 0. The van der Waals surface area contributed by atoms with Crippen LogP contribution in [-0.4, -0.2) is 46.5 Å². The lowest BCUT2D eigenvalue weighted by molar-refractivity contribution is 0.00578. The van der Waals surface area contributed by atoms with Crippen molar-refractivity contribution in [2.45, 2.75) is 83.6 Å². The summed E-state index contributed by atoms with van der Waals surface area (Å²) in [6.07, 6.45) is 4.73. The number of pyridine rings is 1. The molecule has 1 saturated carbocycles. The molecule has 0 radical (unpaired) electrons. The molecule has 0 unspecified atom stereocenters. The molecule has 2 fully saturated rings. The van der Waals surface area contributed by atoms with Gasteiger partial charge >= 0.3 is 7.12 Å². The third-order valence-electron chi connectivity index (χ3n) is 5.93. The van der Waals surface area contributed by atoms with Gasteiger partial charge in [-0.3, -0.25) is 9.78 Å². The number of aliphatic hydroxyl groups is 1. The van der Waals surface area contributed by atoms with Gasteiger partial charge in [0.2, 0.25) is 0 Å². The van der Waals surface area contributed by atoms with Gasteiger partial charge in [-0.05, 0) is 64.6 Å². The van der Waals surface area contributed by atoms with E-state index in [1.165, 1.54) is 0 Å². The van der Waals surface area contributed by atoms with Gasteiger partial charge in [0.25, 0.3) is 5.91 Å². The maximum absolute atomic E-state index is 12.6. The number of nitrogens with one attached hydrogen (secondary N) is 1. The van der Waals surface area contributed by atoms with E-state index in [-0.39, 0.29) is 11.9 Å². The molecule has 0 aromatic carbocycles. The molecule has 1 amide bonds. The van der Waals surface area contributed by atoms with Crippen LogP contribution in [0.15, 0.2) is 12.3 Å². The summed E-state index contributed by atoms with van der Waals surface area (Å²) in [5.41, 5.74) is 1.16. The van der Waals surface area contributed by atoms with Gasteiger partial charge in [0.05, 0.1) is 23.3 Å². The lowest BCUT2D eigenvalue weighted by atomic mass is 9.76. The van der Waals surface area contributed by atoms with E-state index in [2.05, 4.69) is 10.3 Å². The molecule has 3 rings (SSSR count). The molecule has 2 heterocycles. The largest absolute Gasteiger partial charge is 0.495 e. The van der Waals surface area contributed by atoms with E-state index in [1.807, 2.05) is 34.6 Å². The second-order valence-electron chi connectivity index (χ2n) is 8.45. The number of aryl methyl sites for hydroxylation is 1. The Morgan fingerprint density at radius 1 is 1.23 bits per heavy atom. The fraction of sp³-hybridized carbons (Fsp3) is 0.684. The molecule has 2 N–H and O–H groups in total. The van der Waals surface area contributed by atoms with Crippen molar-refractivity contribution in [1.82, 2.24) is 10.3 Å². The Balaban J connectivity index is 1.79. The number of aromatic nitrogens is 1. The molecular weight excluding hydrogens is 331 g/mol. The Labute approximate surface area is 155 Å². The van der Waals surface area contributed by atoms with Crippen LogP contribution in [0, 0.1) is 6.92 Å². The average molecular weight is 360 g/mol. The van der Waals surface area contributed by atoms with Crippen LogP contribution in [0.2, 0.25) is 0 Å². The Morgan fingerprint density at radius 2 is 1.85 bits per heavy atom. The Hall–Kier alpha value is -1.44. The number of carbonyl (C=O) groups is 1. The quantitative estimate of drug-likeness (QED) is 0.803. The highest BCUT2D eigenvalue weighted by atomic mass is 16.7. The van der Waals surface area contributed by atoms with E-state index < -0.39 is 24.4 Å². The van der Waals surface area contributed by atoms with Gasteiger partial charge in [-0.2, -0.15) is 0 Å². The number of rotatable bonds is 3. The van der Waals surface area contributed by atoms with Crippen LogP contribution in [0.3, 0.4) is 0 Å². The predicted molar refractivity (Wildman–Crippen MR) is 100 cm³/mol. The van der Waals surface area contributed by atoms with E-state index in [0.717, 1.165) is 36.7 Å². The van der Waals surface area contributed by atoms with Crippen LogP contribution in [0.25, 0.3) is 0 Å². The predicted octanol–water partition coefficient (Wildman–Crippen LogP) is 1.72. The number of hydrogen-bond acceptors (Lipinski definition) is 5. The van der Waals surface area contributed by atoms with E-state index in [0.29, 0.717) is 5.69 Å². The first-order chi connectivity index (χ1) is 12.1. The average Bonchev–Trinajstić information content (AvgIpc) is 2.77. The molecule has 1 aliphatic carbocycles.